The first kappa shape index (κ1) is 23.5. The standard InChI is InChI=1S/C14H11Cl5N8O4/c1-6-20-4-7(27(29)30)25(6)2-3-31-13(28)24-11(14(17,18)19)26-5-21-8-9(15)22-12(16)23-10(8)26/h4-5,11H,2-3H2,1H3,(H,24,28). The molecular formula is C14H11Cl5N8O4. The average Bonchev–Trinajstić information content (AvgIpc) is 3.23. The van der Waals surface area contributed by atoms with Crippen LogP contribution in [0.2, 0.25) is 10.4 Å². The van der Waals surface area contributed by atoms with Gasteiger partial charge >= 0.3 is 11.9 Å². The molecule has 0 radical (unpaired) electrons. The van der Waals surface area contributed by atoms with Gasteiger partial charge in [0.15, 0.2) is 22.8 Å². The molecule has 31 heavy (non-hydrogen) atoms. The average molecular weight is 533 g/mol. The van der Waals surface area contributed by atoms with Gasteiger partial charge in [-0.05, 0) is 16.5 Å². The normalized spacial score (nSPS) is 12.7. The molecule has 1 atom stereocenters. The molecule has 1 amide bonds. The van der Waals surface area contributed by atoms with E-state index in [-0.39, 0.29) is 40.6 Å². The summed E-state index contributed by atoms with van der Waals surface area (Å²) in [6.07, 6.45) is 0.0505. The SMILES string of the molecule is Cc1ncc([N+](=O)[O-])n1CCOC(=O)NC(n1cnc2c(Cl)nc(Cl)nc21)C(Cl)(Cl)Cl. The lowest BCUT2D eigenvalue weighted by Crippen LogP contribution is -2.40. The second-order valence-corrected chi connectivity index (χ2v) is 8.97. The highest BCUT2D eigenvalue weighted by atomic mass is 35.6. The molecule has 3 heterocycles. The molecule has 0 bridgehead atoms. The Bertz CT molecular complexity index is 1140. The van der Waals surface area contributed by atoms with E-state index < -0.39 is 21.0 Å². The predicted octanol–water partition coefficient (Wildman–Crippen LogP) is 3.84. The number of ether oxygens (including phenoxy) is 1. The number of hydrogen-bond acceptors (Lipinski definition) is 8. The largest absolute Gasteiger partial charge is 0.445 e. The van der Waals surface area contributed by atoms with Crippen molar-refractivity contribution in [2.24, 2.45) is 0 Å². The van der Waals surface area contributed by atoms with Crippen molar-refractivity contribution in [3.8, 4) is 0 Å². The Morgan fingerprint density at radius 3 is 2.68 bits per heavy atom. The third-order valence-corrected chi connectivity index (χ3v) is 5.02. The fraction of sp³-hybridized carbons (Fsp3) is 0.357. The molecule has 12 nitrogen and oxygen atoms in total. The van der Waals surface area contributed by atoms with Gasteiger partial charge in [-0.15, -0.1) is 0 Å². The van der Waals surface area contributed by atoms with Gasteiger partial charge in [0, 0.05) is 6.92 Å². The molecule has 0 aromatic carbocycles. The van der Waals surface area contributed by atoms with Crippen LogP contribution in [0.3, 0.4) is 0 Å². The maximum atomic E-state index is 12.3. The number of nitrogens with one attached hydrogen (secondary N) is 1. The number of carbonyl (C=O) groups excluding carboxylic acids is 1. The highest BCUT2D eigenvalue weighted by molar-refractivity contribution is 6.68. The summed E-state index contributed by atoms with van der Waals surface area (Å²) in [5.41, 5.74) is 0.273. The minimum Gasteiger partial charge on any atom is -0.445 e. The first-order valence-corrected chi connectivity index (χ1v) is 10.1. The number of nitrogens with zero attached hydrogens (tertiary/aromatic N) is 7. The maximum absolute atomic E-state index is 12.3. The first-order valence-electron chi connectivity index (χ1n) is 8.21. The Morgan fingerprint density at radius 1 is 1.32 bits per heavy atom. The van der Waals surface area contributed by atoms with Gasteiger partial charge in [-0.1, -0.05) is 46.4 Å². The Hall–Kier alpha value is -2.12. The van der Waals surface area contributed by atoms with Crippen LogP contribution in [0.4, 0.5) is 10.6 Å². The number of alkyl halides is 3. The minimum absolute atomic E-state index is 0.0134. The second kappa shape index (κ2) is 9.17. The monoisotopic (exact) mass is 530 g/mol. The van der Waals surface area contributed by atoms with Crippen LogP contribution in [-0.4, -0.2) is 50.5 Å². The number of rotatable bonds is 6. The Morgan fingerprint density at radius 2 is 2.03 bits per heavy atom. The van der Waals surface area contributed by atoms with E-state index in [1.165, 1.54) is 15.5 Å². The van der Waals surface area contributed by atoms with Crippen LogP contribution in [0.1, 0.15) is 12.0 Å². The zero-order valence-electron chi connectivity index (χ0n) is 15.3. The minimum atomic E-state index is -2.06. The lowest BCUT2D eigenvalue weighted by atomic mass is 10.5. The van der Waals surface area contributed by atoms with Crippen molar-refractivity contribution in [1.82, 2.24) is 34.4 Å². The summed E-state index contributed by atoms with van der Waals surface area (Å²) in [5, 5.41) is 13.2. The van der Waals surface area contributed by atoms with E-state index in [2.05, 4.69) is 25.3 Å². The number of imidazole rings is 2. The van der Waals surface area contributed by atoms with E-state index in [1.807, 2.05) is 0 Å². The van der Waals surface area contributed by atoms with Crippen LogP contribution >= 0.6 is 58.0 Å². The van der Waals surface area contributed by atoms with Gasteiger partial charge < -0.3 is 14.9 Å². The molecule has 1 unspecified atom stereocenters. The molecule has 0 aliphatic rings. The molecule has 0 saturated carbocycles. The van der Waals surface area contributed by atoms with Crippen LogP contribution in [0.15, 0.2) is 12.5 Å². The summed E-state index contributed by atoms with van der Waals surface area (Å²) in [7, 11) is 0. The van der Waals surface area contributed by atoms with E-state index in [4.69, 9.17) is 62.7 Å². The van der Waals surface area contributed by atoms with Gasteiger partial charge in [-0.25, -0.2) is 24.3 Å². The van der Waals surface area contributed by atoms with E-state index in [1.54, 1.807) is 6.92 Å². The Kier molecular flexibility index (Phi) is 6.96. The zero-order chi connectivity index (χ0) is 22.9. The van der Waals surface area contributed by atoms with Crippen molar-refractivity contribution >= 4 is 81.1 Å². The number of carbonyl (C=O) groups is 1. The van der Waals surface area contributed by atoms with E-state index >= 15 is 0 Å². The summed E-state index contributed by atoms with van der Waals surface area (Å²) < 4.78 is 5.53. The second-order valence-electron chi connectivity index (χ2n) is 5.90. The number of nitro groups is 1. The zero-order valence-corrected chi connectivity index (χ0v) is 19.1. The third-order valence-electron chi connectivity index (χ3n) is 3.96. The van der Waals surface area contributed by atoms with Crippen LogP contribution in [0.25, 0.3) is 11.2 Å². The molecule has 17 heteroatoms. The smallest absolute Gasteiger partial charge is 0.409 e. The van der Waals surface area contributed by atoms with E-state index in [9.17, 15) is 14.9 Å². The number of aromatic nitrogens is 6. The number of amides is 1. The lowest BCUT2D eigenvalue weighted by Gasteiger charge is -2.26. The molecular weight excluding hydrogens is 521 g/mol. The summed E-state index contributed by atoms with van der Waals surface area (Å²) in [4.78, 5) is 38.4. The predicted molar refractivity (Wildman–Crippen MR) is 113 cm³/mol. The summed E-state index contributed by atoms with van der Waals surface area (Å²) in [5.74, 6) is 0.146. The van der Waals surface area contributed by atoms with Gasteiger partial charge in [0.05, 0.1) is 6.33 Å². The number of alkyl carbamates (subject to hydrolysis) is 1. The van der Waals surface area contributed by atoms with Gasteiger partial charge in [0.25, 0.3) is 0 Å². The molecule has 0 aliphatic carbocycles. The van der Waals surface area contributed by atoms with Crippen molar-refractivity contribution in [2.45, 2.75) is 23.4 Å². The number of hydrogen-bond donors (Lipinski definition) is 1. The van der Waals surface area contributed by atoms with Crippen LogP contribution < -0.4 is 5.32 Å². The van der Waals surface area contributed by atoms with Crippen molar-refractivity contribution in [2.75, 3.05) is 6.61 Å². The fourth-order valence-corrected chi connectivity index (χ4v) is 3.52. The number of halogens is 5. The Labute approximate surface area is 198 Å². The quantitative estimate of drug-likeness (QED) is 0.166. The maximum Gasteiger partial charge on any atom is 0.409 e. The molecule has 3 aromatic rings. The fourth-order valence-electron chi connectivity index (χ4n) is 2.62. The lowest BCUT2D eigenvalue weighted by molar-refractivity contribution is -0.392. The molecule has 0 aliphatic heterocycles. The number of aryl methyl sites for hydroxylation is 1. The van der Waals surface area contributed by atoms with Crippen LogP contribution in [0.5, 0.6) is 0 Å². The molecule has 1 N–H and O–H groups in total. The first-order chi connectivity index (χ1) is 14.5. The van der Waals surface area contributed by atoms with Gasteiger partial charge in [-0.3, -0.25) is 9.88 Å². The molecule has 3 aromatic heterocycles. The molecule has 166 valence electrons. The molecule has 0 saturated heterocycles. The molecule has 0 spiro atoms. The van der Waals surface area contributed by atoms with E-state index in [0.717, 1.165) is 6.20 Å². The third kappa shape index (κ3) is 5.21. The summed E-state index contributed by atoms with van der Waals surface area (Å²) in [6.45, 7) is 1.34. The van der Waals surface area contributed by atoms with E-state index in [0.29, 0.717) is 5.82 Å². The van der Waals surface area contributed by atoms with Crippen LogP contribution in [-0.2, 0) is 11.3 Å². The van der Waals surface area contributed by atoms with Crippen molar-refractivity contribution in [3.63, 3.8) is 0 Å². The highest BCUT2D eigenvalue weighted by Gasteiger charge is 2.37. The van der Waals surface area contributed by atoms with Crippen molar-refractivity contribution in [3.05, 3.63) is 38.9 Å². The summed E-state index contributed by atoms with van der Waals surface area (Å²) in [6, 6.07) is 0. The molecule has 0 fully saturated rings. The number of fused-ring (bicyclic) bond motifs is 1. The van der Waals surface area contributed by atoms with Crippen molar-refractivity contribution < 1.29 is 14.5 Å². The topological polar surface area (TPSA) is 143 Å². The Balaban J connectivity index is 1.75. The van der Waals surface area contributed by atoms with Crippen molar-refractivity contribution in [1.29, 1.82) is 0 Å². The highest BCUT2D eigenvalue weighted by Crippen LogP contribution is 2.38. The summed E-state index contributed by atoms with van der Waals surface area (Å²) >= 11 is 29.9. The molecule has 3 rings (SSSR count). The van der Waals surface area contributed by atoms with Gasteiger partial charge in [0.2, 0.25) is 9.08 Å². The van der Waals surface area contributed by atoms with Gasteiger partial charge in [0.1, 0.15) is 24.9 Å². The van der Waals surface area contributed by atoms with Gasteiger partial charge in [-0.2, -0.15) is 4.98 Å². The van der Waals surface area contributed by atoms with Crippen LogP contribution in [0, 0.1) is 17.0 Å².